The number of hydrogen-bond donors (Lipinski definition) is 1. The van der Waals surface area contributed by atoms with E-state index < -0.39 is 0 Å². The number of nitrogens with zero attached hydrogens (tertiary/aromatic N) is 2. The lowest BCUT2D eigenvalue weighted by Gasteiger charge is -2.57. The van der Waals surface area contributed by atoms with E-state index in [0.29, 0.717) is 23.7 Å². The molecule has 1 aliphatic heterocycles. The first-order valence-corrected chi connectivity index (χ1v) is 9.42. The fraction of sp³-hybridized carbons (Fsp3) is 0.842. The van der Waals surface area contributed by atoms with Crippen LogP contribution in [0, 0.1) is 17.3 Å². The van der Waals surface area contributed by atoms with Crippen LogP contribution in [0.3, 0.4) is 0 Å². The molecule has 1 saturated heterocycles. The van der Waals surface area contributed by atoms with Crippen molar-refractivity contribution in [2.75, 3.05) is 45.8 Å². The van der Waals surface area contributed by atoms with Crippen molar-refractivity contribution in [3.63, 3.8) is 0 Å². The first-order chi connectivity index (χ1) is 11.0. The first-order valence-electron chi connectivity index (χ1n) is 9.42. The van der Waals surface area contributed by atoms with Gasteiger partial charge in [-0.25, -0.2) is 0 Å². The highest BCUT2D eigenvalue weighted by Crippen LogP contribution is 2.59. The normalized spacial score (nSPS) is 29.6. The summed E-state index contributed by atoms with van der Waals surface area (Å²) >= 11 is 0. The number of carbonyl (C=O) groups is 1. The number of fused-ring (bicyclic) bond motifs is 1. The minimum Gasteiger partial charge on any atom is -0.337 e. The number of allylic oxidation sites excluding steroid dienone is 1. The first kappa shape index (κ1) is 17.0. The van der Waals surface area contributed by atoms with E-state index in [1.165, 1.54) is 18.4 Å². The van der Waals surface area contributed by atoms with E-state index in [2.05, 4.69) is 35.0 Å². The van der Waals surface area contributed by atoms with Gasteiger partial charge in [0, 0.05) is 52.2 Å². The lowest BCUT2D eigenvalue weighted by atomic mass is 9.49. The van der Waals surface area contributed by atoms with E-state index in [4.69, 9.17) is 0 Å². The van der Waals surface area contributed by atoms with Crippen molar-refractivity contribution < 1.29 is 4.79 Å². The molecule has 3 aliphatic carbocycles. The average molecular weight is 319 g/mol. The quantitative estimate of drug-likeness (QED) is 0.762. The van der Waals surface area contributed by atoms with Crippen LogP contribution in [0.1, 0.15) is 40.0 Å². The van der Waals surface area contributed by atoms with Gasteiger partial charge < -0.3 is 10.2 Å². The minimum absolute atomic E-state index is 0.306. The molecule has 0 aromatic rings. The summed E-state index contributed by atoms with van der Waals surface area (Å²) in [4.78, 5) is 17.0. The second kappa shape index (κ2) is 6.94. The topological polar surface area (TPSA) is 35.6 Å². The van der Waals surface area contributed by atoms with Crippen LogP contribution in [-0.2, 0) is 4.79 Å². The molecular formula is C19H33N3O. The third kappa shape index (κ3) is 3.48. The summed E-state index contributed by atoms with van der Waals surface area (Å²) in [6, 6.07) is 0. The zero-order valence-corrected chi connectivity index (χ0v) is 15.1. The predicted octanol–water partition coefficient (Wildman–Crippen LogP) is 2.12. The zero-order chi connectivity index (χ0) is 16.4. The molecule has 0 aromatic carbocycles. The maximum Gasteiger partial charge on any atom is 0.222 e. The predicted molar refractivity (Wildman–Crippen MR) is 94.3 cm³/mol. The summed E-state index contributed by atoms with van der Waals surface area (Å²) in [5.74, 6) is 1.88. The van der Waals surface area contributed by atoms with Crippen LogP contribution in [0.15, 0.2) is 11.6 Å². The molecule has 1 amide bonds. The van der Waals surface area contributed by atoms with Gasteiger partial charge in [0.1, 0.15) is 0 Å². The molecule has 0 unspecified atom stereocenters. The highest BCUT2D eigenvalue weighted by Gasteiger charge is 2.51. The zero-order valence-electron chi connectivity index (χ0n) is 15.1. The van der Waals surface area contributed by atoms with Crippen LogP contribution in [0.25, 0.3) is 0 Å². The van der Waals surface area contributed by atoms with Crippen LogP contribution in [-0.4, -0.2) is 61.5 Å². The summed E-state index contributed by atoms with van der Waals surface area (Å²) in [7, 11) is 0. The van der Waals surface area contributed by atoms with Gasteiger partial charge in [-0.2, -0.15) is 0 Å². The molecule has 0 aromatic heterocycles. The third-order valence-corrected chi connectivity index (χ3v) is 6.51. The highest BCUT2D eigenvalue weighted by atomic mass is 16.2. The molecule has 2 fully saturated rings. The Morgan fingerprint density at radius 2 is 2.13 bits per heavy atom. The van der Waals surface area contributed by atoms with Crippen LogP contribution >= 0.6 is 0 Å². The van der Waals surface area contributed by atoms with Gasteiger partial charge in [-0.3, -0.25) is 9.69 Å². The highest BCUT2D eigenvalue weighted by molar-refractivity contribution is 5.76. The Hall–Kier alpha value is -0.870. The number of carbonyl (C=O) groups excluding carboxylic acids is 1. The van der Waals surface area contributed by atoms with E-state index in [0.717, 1.165) is 51.7 Å². The molecule has 4 nitrogen and oxygen atoms in total. The van der Waals surface area contributed by atoms with Crippen molar-refractivity contribution in [2.24, 2.45) is 17.3 Å². The Morgan fingerprint density at radius 1 is 1.39 bits per heavy atom. The van der Waals surface area contributed by atoms with Gasteiger partial charge in [0.15, 0.2) is 0 Å². The molecule has 4 heteroatoms. The molecule has 1 saturated carbocycles. The second-order valence-electron chi connectivity index (χ2n) is 8.08. The Morgan fingerprint density at radius 3 is 2.74 bits per heavy atom. The molecule has 130 valence electrons. The fourth-order valence-corrected chi connectivity index (χ4v) is 4.59. The molecule has 23 heavy (non-hydrogen) atoms. The van der Waals surface area contributed by atoms with Crippen LogP contribution in [0.4, 0.5) is 0 Å². The smallest absolute Gasteiger partial charge is 0.222 e. The van der Waals surface area contributed by atoms with E-state index >= 15 is 0 Å². The van der Waals surface area contributed by atoms with Crippen molar-refractivity contribution in [3.05, 3.63) is 11.6 Å². The standard InChI is InChI=1S/C19H33N3O/c1-4-18(23)22(12-11-21-9-7-20-8-10-21)14-15-5-6-16-13-17(15)19(16,2)3/h5,16-17,20H,4,6-14H2,1-3H3/t16-,17-/m0/s1. The number of nitrogens with one attached hydrogen (secondary N) is 1. The van der Waals surface area contributed by atoms with Gasteiger partial charge >= 0.3 is 0 Å². The Kier molecular flexibility index (Phi) is 5.12. The van der Waals surface area contributed by atoms with Crippen molar-refractivity contribution in [3.8, 4) is 0 Å². The SMILES string of the molecule is CCC(=O)N(CCN1CCNCC1)CC1=CC[C@H]2C[C@@H]1C2(C)C. The lowest BCUT2D eigenvalue weighted by molar-refractivity contribution is -0.131. The van der Waals surface area contributed by atoms with Crippen molar-refractivity contribution in [2.45, 2.75) is 40.0 Å². The number of piperazine rings is 1. The maximum absolute atomic E-state index is 12.4. The molecule has 2 bridgehead atoms. The molecule has 2 atom stereocenters. The molecule has 1 heterocycles. The third-order valence-electron chi connectivity index (χ3n) is 6.51. The van der Waals surface area contributed by atoms with Gasteiger partial charge in [-0.1, -0.05) is 32.4 Å². The van der Waals surface area contributed by atoms with Gasteiger partial charge in [0.25, 0.3) is 0 Å². The molecule has 4 aliphatic rings. The molecule has 4 rings (SSSR count). The van der Waals surface area contributed by atoms with Crippen molar-refractivity contribution in [1.29, 1.82) is 0 Å². The van der Waals surface area contributed by atoms with Crippen LogP contribution < -0.4 is 5.32 Å². The van der Waals surface area contributed by atoms with E-state index in [1.54, 1.807) is 0 Å². The summed E-state index contributed by atoms with van der Waals surface area (Å²) < 4.78 is 0. The maximum atomic E-state index is 12.4. The summed E-state index contributed by atoms with van der Waals surface area (Å²) in [6.45, 7) is 13.9. The van der Waals surface area contributed by atoms with Gasteiger partial charge in [0.2, 0.25) is 5.91 Å². The molecule has 1 N–H and O–H groups in total. The van der Waals surface area contributed by atoms with Gasteiger partial charge in [-0.05, 0) is 30.1 Å². The summed E-state index contributed by atoms with van der Waals surface area (Å²) in [5, 5.41) is 3.39. The molecule has 0 radical (unpaired) electrons. The van der Waals surface area contributed by atoms with Gasteiger partial charge in [0.05, 0.1) is 0 Å². The van der Waals surface area contributed by atoms with Crippen LogP contribution in [0.5, 0.6) is 0 Å². The monoisotopic (exact) mass is 319 g/mol. The Balaban J connectivity index is 1.58. The van der Waals surface area contributed by atoms with E-state index in [1.807, 2.05) is 6.92 Å². The van der Waals surface area contributed by atoms with E-state index in [-0.39, 0.29) is 0 Å². The molecule has 0 spiro atoms. The van der Waals surface area contributed by atoms with E-state index in [9.17, 15) is 4.79 Å². The second-order valence-corrected chi connectivity index (χ2v) is 8.08. The Labute approximate surface area is 141 Å². The number of amides is 1. The van der Waals surface area contributed by atoms with Crippen molar-refractivity contribution in [1.82, 2.24) is 15.1 Å². The lowest BCUT2D eigenvalue weighted by Crippen LogP contribution is -2.51. The summed E-state index contributed by atoms with van der Waals surface area (Å²) in [5.41, 5.74) is 1.98. The average Bonchev–Trinajstić information content (AvgIpc) is 2.58. The Bertz CT molecular complexity index is 465. The van der Waals surface area contributed by atoms with Gasteiger partial charge in [-0.15, -0.1) is 0 Å². The minimum atomic E-state index is 0.306. The summed E-state index contributed by atoms with van der Waals surface area (Å²) in [6.07, 6.45) is 5.60. The fourth-order valence-electron chi connectivity index (χ4n) is 4.59. The van der Waals surface area contributed by atoms with Crippen LogP contribution in [0.2, 0.25) is 0 Å². The number of rotatable bonds is 6. The van der Waals surface area contributed by atoms with Crippen molar-refractivity contribution >= 4 is 5.91 Å². The number of hydrogen-bond acceptors (Lipinski definition) is 3. The largest absolute Gasteiger partial charge is 0.337 e. The molecular weight excluding hydrogens is 286 g/mol.